The molecule has 2 aliphatic rings. The Balaban J connectivity index is 1.19. The number of rotatable bonds is 7. The van der Waals surface area contributed by atoms with Crippen LogP contribution in [-0.2, 0) is 19.4 Å². The van der Waals surface area contributed by atoms with E-state index in [4.69, 9.17) is 25.8 Å². The number of ether oxygens (including phenoxy) is 3. The van der Waals surface area contributed by atoms with Crippen molar-refractivity contribution in [1.29, 1.82) is 0 Å². The van der Waals surface area contributed by atoms with Gasteiger partial charge in [-0.05, 0) is 43.2 Å². The van der Waals surface area contributed by atoms with Crippen LogP contribution < -0.4 is 9.46 Å². The summed E-state index contributed by atoms with van der Waals surface area (Å²) in [6.45, 7) is 4.41. The molecular formula is C28H30ClN5O5S. The fourth-order valence-electron chi connectivity index (χ4n) is 5.04. The van der Waals surface area contributed by atoms with E-state index in [1.54, 1.807) is 12.3 Å². The molecule has 0 saturated carbocycles. The second-order valence-electron chi connectivity index (χ2n) is 10.3. The molecule has 2 saturated heterocycles. The fourth-order valence-corrected chi connectivity index (χ4v) is 6.75. The summed E-state index contributed by atoms with van der Waals surface area (Å²) < 4.78 is 37.2. The minimum absolute atomic E-state index is 0.0730. The van der Waals surface area contributed by atoms with Crippen molar-refractivity contribution in [1.82, 2.24) is 19.7 Å². The van der Waals surface area contributed by atoms with Gasteiger partial charge in [-0.3, -0.25) is 0 Å². The molecular weight excluding hydrogens is 554 g/mol. The third kappa shape index (κ3) is 5.58. The zero-order chi connectivity index (χ0) is 28.0. The van der Waals surface area contributed by atoms with Crippen molar-refractivity contribution in [3.05, 3.63) is 59.6 Å². The van der Waals surface area contributed by atoms with Gasteiger partial charge in [0.05, 0.1) is 35.1 Å². The molecule has 10 nitrogen and oxygen atoms in total. The van der Waals surface area contributed by atoms with Crippen LogP contribution in [0.3, 0.4) is 0 Å². The second-order valence-corrected chi connectivity index (χ2v) is 12.8. The van der Waals surface area contributed by atoms with Gasteiger partial charge in [-0.15, -0.1) is 0 Å². The normalized spacial score (nSPS) is 23.9. The van der Waals surface area contributed by atoms with Crippen molar-refractivity contribution < 1.29 is 23.5 Å². The highest BCUT2D eigenvalue weighted by molar-refractivity contribution is 7.91. The summed E-state index contributed by atoms with van der Waals surface area (Å²) in [6, 6.07) is 17.7. The van der Waals surface area contributed by atoms with Crippen molar-refractivity contribution in [2.24, 2.45) is 4.36 Å². The number of aromatic amines is 1. The lowest BCUT2D eigenvalue weighted by atomic mass is 10.0. The third-order valence-electron chi connectivity index (χ3n) is 6.74. The first-order valence-corrected chi connectivity index (χ1v) is 15.3. The summed E-state index contributed by atoms with van der Waals surface area (Å²) >= 11 is 6.61. The summed E-state index contributed by atoms with van der Waals surface area (Å²) in [7, 11) is -2.51. The molecule has 4 heterocycles. The Morgan fingerprint density at radius 2 is 1.70 bits per heavy atom. The summed E-state index contributed by atoms with van der Waals surface area (Å²) in [5.41, 5.74) is 5.24. The first-order chi connectivity index (χ1) is 19.1. The van der Waals surface area contributed by atoms with Gasteiger partial charge < -0.3 is 24.3 Å². The quantitative estimate of drug-likeness (QED) is 0.292. The van der Waals surface area contributed by atoms with E-state index in [0.717, 1.165) is 16.7 Å². The molecule has 3 N–H and O–H groups in total. The fraction of sp³-hybridized carbons (Fsp3) is 0.357. The zero-order valence-corrected chi connectivity index (χ0v) is 23.8. The van der Waals surface area contributed by atoms with Crippen molar-refractivity contribution in [2.45, 2.75) is 44.3 Å². The molecule has 2 aromatic carbocycles. The Bertz CT molecular complexity index is 1650. The van der Waals surface area contributed by atoms with E-state index in [-0.39, 0.29) is 31.0 Å². The molecule has 5 atom stereocenters. The molecule has 1 unspecified atom stereocenters. The Morgan fingerprint density at radius 1 is 1.05 bits per heavy atom. The number of hydrogen-bond donors (Lipinski definition) is 3. The molecule has 4 aromatic rings. The van der Waals surface area contributed by atoms with Crippen molar-refractivity contribution >= 4 is 38.4 Å². The maximum absolute atomic E-state index is 12.6. The van der Waals surface area contributed by atoms with Gasteiger partial charge in [0, 0.05) is 17.9 Å². The molecule has 0 aliphatic carbocycles. The first-order valence-electron chi connectivity index (χ1n) is 13.0. The number of aliphatic hydroxyl groups is 1. The van der Waals surface area contributed by atoms with Crippen molar-refractivity contribution in [3.63, 3.8) is 0 Å². The largest absolute Gasteiger partial charge is 0.456 e. The summed E-state index contributed by atoms with van der Waals surface area (Å²) in [5.74, 6) is 0. The average Bonchev–Trinajstić information content (AvgIpc) is 3.59. The van der Waals surface area contributed by atoms with E-state index in [9.17, 15) is 9.32 Å². The van der Waals surface area contributed by atoms with Crippen LogP contribution in [0.1, 0.15) is 13.8 Å². The van der Waals surface area contributed by atoms with Crippen LogP contribution in [0, 0.1) is 0 Å². The van der Waals surface area contributed by atoms with Crippen LogP contribution in [0.25, 0.3) is 33.5 Å². The van der Waals surface area contributed by atoms with Gasteiger partial charge in [0.25, 0.3) is 6.01 Å². The SMILES string of the molecule is CC(C)NS(C)(=O)=Nc1ccc(-c2ccc(-c3nc4nc(O[C@@H]5CO[C@H]6[C@@H]5OC[C@H]6O)[nH]c4cc3Cl)cc2)cc1. The molecule has 6 rings (SSSR count). The minimum atomic E-state index is -2.51. The molecule has 0 spiro atoms. The van der Waals surface area contributed by atoms with Crippen LogP contribution in [0.15, 0.2) is 59.0 Å². The molecule has 2 fully saturated rings. The number of imidazole rings is 1. The van der Waals surface area contributed by atoms with Gasteiger partial charge >= 0.3 is 0 Å². The smallest absolute Gasteiger partial charge is 0.296 e. The monoisotopic (exact) mass is 583 g/mol. The van der Waals surface area contributed by atoms with E-state index >= 15 is 0 Å². The van der Waals surface area contributed by atoms with E-state index in [1.807, 2.05) is 62.4 Å². The highest BCUT2D eigenvalue weighted by atomic mass is 35.5. The topological polar surface area (TPSA) is 131 Å². The number of nitrogens with zero attached hydrogens (tertiary/aromatic N) is 3. The van der Waals surface area contributed by atoms with Crippen LogP contribution in [0.4, 0.5) is 5.69 Å². The molecule has 40 heavy (non-hydrogen) atoms. The Kier molecular flexibility index (Phi) is 7.28. The lowest BCUT2D eigenvalue weighted by molar-refractivity contribution is 0.00706. The summed E-state index contributed by atoms with van der Waals surface area (Å²) in [5, 5.41) is 10.4. The number of H-pyrrole nitrogens is 1. The molecule has 0 amide bonds. The number of nitrogens with one attached hydrogen (secondary N) is 2. The van der Waals surface area contributed by atoms with E-state index in [1.165, 1.54) is 0 Å². The zero-order valence-electron chi connectivity index (χ0n) is 22.2. The number of hydrogen-bond acceptors (Lipinski definition) is 8. The van der Waals surface area contributed by atoms with Gasteiger partial charge in [-0.1, -0.05) is 48.0 Å². The lowest BCUT2D eigenvalue weighted by Gasteiger charge is -2.15. The number of benzene rings is 2. The average molecular weight is 584 g/mol. The maximum atomic E-state index is 12.6. The van der Waals surface area contributed by atoms with Crippen molar-refractivity contribution in [2.75, 3.05) is 19.5 Å². The molecule has 0 bridgehead atoms. The number of pyridine rings is 1. The van der Waals surface area contributed by atoms with Crippen molar-refractivity contribution in [3.8, 4) is 28.4 Å². The van der Waals surface area contributed by atoms with Gasteiger partial charge in [-0.25, -0.2) is 13.9 Å². The molecule has 2 aromatic heterocycles. The highest BCUT2D eigenvalue weighted by Crippen LogP contribution is 2.33. The van der Waals surface area contributed by atoms with Gasteiger partial charge in [0.15, 0.2) is 11.8 Å². The first kappa shape index (κ1) is 27.1. The Labute approximate surface area is 237 Å². The Morgan fingerprint density at radius 3 is 2.40 bits per heavy atom. The number of fused-ring (bicyclic) bond motifs is 2. The van der Waals surface area contributed by atoms with Gasteiger partial charge in [0.1, 0.15) is 28.2 Å². The van der Waals surface area contributed by atoms with Crippen LogP contribution in [0.5, 0.6) is 6.01 Å². The van der Waals surface area contributed by atoms with E-state index < -0.39 is 16.0 Å². The van der Waals surface area contributed by atoms with Crippen LogP contribution in [0.2, 0.25) is 5.02 Å². The Hall–Kier alpha value is -3.06. The summed E-state index contributed by atoms with van der Waals surface area (Å²) in [6.07, 6.45) is -0.147. The van der Waals surface area contributed by atoms with E-state index in [2.05, 4.69) is 24.0 Å². The highest BCUT2D eigenvalue weighted by Gasteiger charge is 2.48. The van der Waals surface area contributed by atoms with E-state index in [0.29, 0.717) is 40.2 Å². The second kappa shape index (κ2) is 10.7. The predicted molar refractivity (Wildman–Crippen MR) is 154 cm³/mol. The van der Waals surface area contributed by atoms with Gasteiger partial charge in [0.2, 0.25) is 0 Å². The standard InChI is InChI=1S/C28H30ClN5O5S/c1-15(2)33-40(3,36)34-19-10-8-17(9-11-19)16-4-6-18(7-5-16)24-20(29)12-21-27(31-24)32-28(30-21)39-23-14-38-25-22(35)13-37-26(23)25/h4-12,15,22-23,25-26,35H,13-14H2,1-3H3,(H,30,31,32)(H,33,34,36)/t22-,23-,25-,26-,40?/m1/s1. The lowest BCUT2D eigenvalue weighted by Crippen LogP contribution is -2.34. The number of aromatic nitrogens is 3. The minimum Gasteiger partial charge on any atom is -0.456 e. The van der Waals surface area contributed by atoms with Crippen LogP contribution >= 0.6 is 11.6 Å². The number of halogens is 1. The summed E-state index contributed by atoms with van der Waals surface area (Å²) in [4.78, 5) is 12.3. The molecule has 12 heteroatoms. The third-order valence-corrected chi connectivity index (χ3v) is 8.50. The van der Waals surface area contributed by atoms with Gasteiger partial charge in [-0.2, -0.15) is 9.35 Å². The maximum Gasteiger partial charge on any atom is 0.296 e. The molecule has 0 radical (unpaired) electrons. The number of aliphatic hydroxyl groups excluding tert-OH is 1. The van der Waals surface area contributed by atoms with Crippen LogP contribution in [-0.4, -0.2) is 74.2 Å². The molecule has 2 aliphatic heterocycles. The molecule has 210 valence electrons. The predicted octanol–water partition coefficient (Wildman–Crippen LogP) is 4.49.